The highest BCUT2D eigenvalue weighted by molar-refractivity contribution is 6.09. The Kier molecular flexibility index (Phi) is 15.4. The smallest absolute Gasteiger partial charge is 0.0949 e. The molecule has 3 unspecified atom stereocenters. The van der Waals surface area contributed by atoms with Crippen molar-refractivity contribution in [1.82, 2.24) is 0 Å². The fraction of sp³-hybridized carbons (Fsp3) is 0.333. The molecular weight excluding hydrogens is 405 g/mol. The van der Waals surface area contributed by atoms with E-state index in [1.807, 2.05) is 0 Å². The van der Waals surface area contributed by atoms with E-state index in [1.54, 1.807) is 0 Å². The highest BCUT2D eigenvalue weighted by Crippen LogP contribution is 2.17. The predicted molar refractivity (Wildman–Crippen MR) is 145 cm³/mol. The number of hydrogen-bond acceptors (Lipinski definition) is 0. The Morgan fingerprint density at radius 2 is 0.633 bits per heavy atom. The summed E-state index contributed by atoms with van der Waals surface area (Å²) in [5, 5.41) is 4.10. The van der Waals surface area contributed by atoms with Crippen LogP contribution in [-0.4, -0.2) is 48.9 Å². The fourth-order valence-corrected chi connectivity index (χ4v) is 4.47. The molecule has 0 aromatic heterocycles. The Hall–Kier alpha value is -0.743. The van der Waals surface area contributed by atoms with E-state index >= 15 is 0 Å². The minimum atomic E-state index is 0.771. The van der Waals surface area contributed by atoms with E-state index in [0.717, 1.165) is 17.8 Å². The molecule has 30 heavy (non-hydrogen) atoms. The molecular formula is C27H39Al3. The van der Waals surface area contributed by atoms with Crippen molar-refractivity contribution < 1.29 is 0 Å². The Bertz CT molecular complexity index is 652. The summed E-state index contributed by atoms with van der Waals surface area (Å²) in [5.41, 5.74) is 4.45. The molecule has 0 nitrogen and oxygen atoms in total. The first-order valence-corrected chi connectivity index (χ1v) is 15.9. The first kappa shape index (κ1) is 27.3. The van der Waals surface area contributed by atoms with Gasteiger partial charge in [-0.05, 0) is 34.4 Å². The van der Waals surface area contributed by atoms with Gasteiger partial charge in [0.05, 0.1) is 0 Å². The Labute approximate surface area is 209 Å². The molecule has 156 valence electrons. The van der Waals surface area contributed by atoms with E-state index in [0.29, 0.717) is 0 Å². The van der Waals surface area contributed by atoms with Gasteiger partial charge in [-0.3, -0.25) is 0 Å². The van der Waals surface area contributed by atoms with Crippen LogP contribution < -0.4 is 0 Å². The number of benzene rings is 3. The summed E-state index contributed by atoms with van der Waals surface area (Å²) in [6.45, 7) is 6.88. The molecule has 0 aliphatic carbocycles. The maximum Gasteiger partial charge on any atom is 0.212 e. The van der Waals surface area contributed by atoms with Crippen LogP contribution in [0, 0.1) is 0 Å². The summed E-state index contributed by atoms with van der Waals surface area (Å²) in [6.07, 6.45) is 0. The molecule has 0 radical (unpaired) electrons. The van der Waals surface area contributed by atoms with Gasteiger partial charge in [0.25, 0.3) is 0 Å². The van der Waals surface area contributed by atoms with Crippen molar-refractivity contribution in [3.05, 3.63) is 108 Å². The summed E-state index contributed by atoms with van der Waals surface area (Å²) < 4.78 is 0. The van der Waals surface area contributed by atoms with E-state index in [1.165, 1.54) is 81.4 Å². The second kappa shape index (κ2) is 16.9. The Morgan fingerprint density at radius 3 is 0.800 bits per heavy atom. The van der Waals surface area contributed by atoms with E-state index in [4.69, 9.17) is 0 Å². The van der Waals surface area contributed by atoms with E-state index in [-0.39, 0.29) is 0 Å². The third kappa shape index (κ3) is 11.0. The first-order chi connectivity index (χ1) is 14.5. The Balaban J connectivity index is 0.000000225. The van der Waals surface area contributed by atoms with Gasteiger partial charge in [0.1, 0.15) is 0 Å². The number of rotatable bonds is 6. The lowest BCUT2D eigenvalue weighted by atomic mass is 10.0. The SMILES string of the molecule is CC([CH2][AlH2])c1ccccc1.CC([CH2][AlH2])c1ccccc1.CC([CH2][AlH2])c1ccccc1. The average molecular weight is 445 g/mol. The zero-order valence-corrected chi connectivity index (χ0v) is 26.0. The van der Waals surface area contributed by atoms with Crippen molar-refractivity contribution in [2.24, 2.45) is 0 Å². The summed E-state index contributed by atoms with van der Waals surface area (Å²) in [4.78, 5) is 0. The van der Waals surface area contributed by atoms with Crippen molar-refractivity contribution in [3.63, 3.8) is 0 Å². The summed E-state index contributed by atoms with van der Waals surface area (Å²) in [6, 6.07) is 32.2. The zero-order valence-electron chi connectivity index (χ0n) is 20.0. The van der Waals surface area contributed by atoms with Crippen LogP contribution in [0.4, 0.5) is 0 Å². The van der Waals surface area contributed by atoms with Gasteiger partial charge in [0.2, 0.25) is 48.9 Å². The van der Waals surface area contributed by atoms with Gasteiger partial charge in [-0.1, -0.05) is 128 Å². The third-order valence-electron chi connectivity index (χ3n) is 5.94. The molecule has 0 heterocycles. The summed E-state index contributed by atoms with van der Waals surface area (Å²) >= 11 is 3.92. The molecule has 0 aliphatic heterocycles. The predicted octanol–water partition coefficient (Wildman–Crippen LogP) is 5.52. The van der Waals surface area contributed by atoms with Gasteiger partial charge in [-0.2, -0.15) is 0 Å². The van der Waals surface area contributed by atoms with Crippen LogP contribution in [0.1, 0.15) is 55.2 Å². The number of hydrogen-bond donors (Lipinski definition) is 0. The second-order valence-electron chi connectivity index (χ2n) is 8.16. The molecule has 0 saturated carbocycles. The van der Waals surface area contributed by atoms with Gasteiger partial charge < -0.3 is 0 Å². The fourth-order valence-electron chi connectivity index (χ4n) is 3.05. The summed E-state index contributed by atoms with van der Waals surface area (Å²) in [5.74, 6) is 2.31. The maximum absolute atomic E-state index is 2.29. The van der Waals surface area contributed by atoms with Gasteiger partial charge in [-0.25, -0.2) is 0 Å². The summed E-state index contributed by atoms with van der Waals surface area (Å²) in [7, 11) is 0. The van der Waals surface area contributed by atoms with Crippen molar-refractivity contribution >= 4 is 48.9 Å². The van der Waals surface area contributed by atoms with Crippen LogP contribution in [0.3, 0.4) is 0 Å². The highest BCUT2D eigenvalue weighted by atomic mass is 27.1. The molecule has 0 bridgehead atoms. The topological polar surface area (TPSA) is 0 Å². The van der Waals surface area contributed by atoms with Gasteiger partial charge in [0, 0.05) is 0 Å². The highest BCUT2D eigenvalue weighted by Gasteiger charge is 2.00. The van der Waals surface area contributed by atoms with Crippen molar-refractivity contribution in [2.75, 3.05) is 0 Å². The van der Waals surface area contributed by atoms with E-state index < -0.39 is 0 Å². The van der Waals surface area contributed by atoms with Crippen molar-refractivity contribution in [1.29, 1.82) is 0 Å². The van der Waals surface area contributed by atoms with Crippen LogP contribution >= 0.6 is 0 Å². The van der Waals surface area contributed by atoms with Crippen molar-refractivity contribution in [3.8, 4) is 0 Å². The van der Waals surface area contributed by atoms with E-state index in [2.05, 4.69) is 112 Å². The lowest BCUT2D eigenvalue weighted by Crippen LogP contribution is -1.90. The quantitative estimate of drug-likeness (QED) is 0.439. The van der Waals surface area contributed by atoms with Crippen molar-refractivity contribution in [2.45, 2.75) is 54.4 Å². The average Bonchev–Trinajstić information content (AvgIpc) is 2.85. The lowest BCUT2D eigenvalue weighted by molar-refractivity contribution is 0.864. The molecule has 0 amide bonds. The van der Waals surface area contributed by atoms with Crippen LogP contribution in [0.2, 0.25) is 15.8 Å². The monoisotopic (exact) mass is 444 g/mol. The molecule has 0 aliphatic rings. The van der Waals surface area contributed by atoms with Crippen LogP contribution in [0.5, 0.6) is 0 Å². The second-order valence-corrected chi connectivity index (χ2v) is 10.6. The molecule has 0 spiro atoms. The minimum absolute atomic E-state index is 0.771. The molecule has 3 atom stereocenters. The van der Waals surface area contributed by atoms with Crippen LogP contribution in [0.15, 0.2) is 91.0 Å². The largest absolute Gasteiger partial charge is 0.212 e. The van der Waals surface area contributed by atoms with Crippen LogP contribution in [-0.2, 0) is 0 Å². The molecule has 3 aromatic carbocycles. The normalized spacial score (nSPS) is 12.9. The standard InChI is InChI=1S/3C9H11.3Al.6H/c3*1-8(2)9-6-4-3-5-7-9;;;;;;;;;/h3*3-8H,1H2,2H3;;;;;;;;;. The molecule has 0 N–H and O–H groups in total. The minimum Gasteiger partial charge on any atom is -0.0949 e. The van der Waals surface area contributed by atoms with Gasteiger partial charge in [-0.15, -0.1) is 0 Å². The Morgan fingerprint density at radius 1 is 0.433 bits per heavy atom. The molecule has 3 heteroatoms. The van der Waals surface area contributed by atoms with E-state index in [9.17, 15) is 0 Å². The van der Waals surface area contributed by atoms with Gasteiger partial charge >= 0.3 is 0 Å². The third-order valence-corrected chi connectivity index (χ3v) is 9.62. The first-order valence-electron chi connectivity index (χ1n) is 11.7. The maximum atomic E-state index is 2.29. The molecule has 3 aromatic rings. The van der Waals surface area contributed by atoms with Crippen LogP contribution in [0.25, 0.3) is 0 Å². The molecule has 0 saturated heterocycles. The van der Waals surface area contributed by atoms with Gasteiger partial charge in [0.15, 0.2) is 0 Å². The zero-order chi connectivity index (χ0) is 22.2. The lowest BCUT2D eigenvalue weighted by Gasteiger charge is -2.06. The molecule has 3 rings (SSSR count). The molecule has 0 fully saturated rings.